The van der Waals surface area contributed by atoms with Crippen molar-refractivity contribution in [3.8, 4) is 0 Å². The van der Waals surface area contributed by atoms with Crippen LogP contribution in [-0.2, 0) is 0 Å². The summed E-state index contributed by atoms with van der Waals surface area (Å²) in [5.74, 6) is 0. The first kappa shape index (κ1) is 10.1. The summed E-state index contributed by atoms with van der Waals surface area (Å²) < 4.78 is 0. The maximum Gasteiger partial charge on any atom is 0.0126 e. The number of rotatable bonds is 1. The number of nitrogens with zero attached hydrogens (tertiary/aromatic N) is 2. The molecule has 3 heteroatoms. The summed E-state index contributed by atoms with van der Waals surface area (Å²) in [6, 6.07) is 2.57. The summed E-state index contributed by atoms with van der Waals surface area (Å²) in [7, 11) is 2.24. The summed E-state index contributed by atoms with van der Waals surface area (Å²) in [4.78, 5) is 5.19. The molecule has 86 valence electrons. The summed E-state index contributed by atoms with van der Waals surface area (Å²) in [6.45, 7) is 5.11. The Morgan fingerprint density at radius 2 is 1.53 bits per heavy atom. The van der Waals surface area contributed by atoms with Gasteiger partial charge in [-0.2, -0.15) is 0 Å². The average molecular weight is 209 g/mol. The van der Waals surface area contributed by atoms with Gasteiger partial charge in [0.05, 0.1) is 0 Å². The molecule has 0 aromatic carbocycles. The van der Waals surface area contributed by atoms with Crippen LogP contribution in [0.3, 0.4) is 0 Å². The third-order valence-corrected chi connectivity index (χ3v) is 4.50. The van der Waals surface area contributed by atoms with E-state index < -0.39 is 0 Å². The Bertz CT molecular complexity index is 211. The minimum atomic E-state index is 0.841. The standard InChI is InChI=1S/C12H23N3/c1-14-4-6-15(7-5-14)12-8-10-2-3-11(9-12)13-10/h10-13H,2-9H2,1H3/t10-,11-/m1/s1. The van der Waals surface area contributed by atoms with Gasteiger partial charge >= 0.3 is 0 Å². The summed E-state index contributed by atoms with van der Waals surface area (Å²) >= 11 is 0. The monoisotopic (exact) mass is 209 g/mol. The Kier molecular flexibility index (Phi) is 2.71. The molecule has 0 aromatic rings. The van der Waals surface area contributed by atoms with Crippen LogP contribution in [0.1, 0.15) is 25.7 Å². The molecular formula is C12H23N3. The second-order valence-corrected chi connectivity index (χ2v) is 5.60. The fraction of sp³-hybridized carbons (Fsp3) is 1.00. The number of piperidine rings is 1. The number of hydrogen-bond acceptors (Lipinski definition) is 3. The molecule has 3 saturated heterocycles. The van der Waals surface area contributed by atoms with E-state index in [2.05, 4.69) is 22.2 Å². The van der Waals surface area contributed by atoms with Gasteiger partial charge in [0.2, 0.25) is 0 Å². The second kappa shape index (κ2) is 4.04. The summed E-state index contributed by atoms with van der Waals surface area (Å²) in [5, 5.41) is 3.73. The predicted octanol–water partition coefficient (Wildman–Crippen LogP) is 0.517. The van der Waals surface area contributed by atoms with Crippen LogP contribution in [0.25, 0.3) is 0 Å². The van der Waals surface area contributed by atoms with Gasteiger partial charge in [0.1, 0.15) is 0 Å². The highest BCUT2D eigenvalue weighted by molar-refractivity contribution is 4.96. The van der Waals surface area contributed by atoms with E-state index in [9.17, 15) is 0 Å². The van der Waals surface area contributed by atoms with Crippen LogP contribution >= 0.6 is 0 Å². The van der Waals surface area contributed by atoms with Crippen molar-refractivity contribution < 1.29 is 0 Å². The summed E-state index contributed by atoms with van der Waals surface area (Å²) in [6.07, 6.45) is 5.66. The van der Waals surface area contributed by atoms with Gasteiger partial charge in [-0.1, -0.05) is 0 Å². The molecule has 3 rings (SSSR count). The zero-order chi connectivity index (χ0) is 10.3. The van der Waals surface area contributed by atoms with Crippen LogP contribution < -0.4 is 5.32 Å². The normalized spacial score (nSPS) is 43.4. The highest BCUT2D eigenvalue weighted by Crippen LogP contribution is 2.29. The molecule has 0 radical (unpaired) electrons. The van der Waals surface area contributed by atoms with E-state index in [0.29, 0.717) is 0 Å². The van der Waals surface area contributed by atoms with E-state index in [1.807, 2.05) is 0 Å². The van der Waals surface area contributed by atoms with Gasteiger partial charge in [0.15, 0.2) is 0 Å². The largest absolute Gasteiger partial charge is 0.311 e. The van der Waals surface area contributed by atoms with E-state index in [-0.39, 0.29) is 0 Å². The van der Waals surface area contributed by atoms with E-state index >= 15 is 0 Å². The van der Waals surface area contributed by atoms with E-state index in [0.717, 1.165) is 18.1 Å². The third kappa shape index (κ3) is 2.05. The predicted molar refractivity (Wildman–Crippen MR) is 62.0 cm³/mol. The number of hydrogen-bond donors (Lipinski definition) is 1. The van der Waals surface area contributed by atoms with E-state index in [4.69, 9.17) is 0 Å². The molecular weight excluding hydrogens is 186 g/mol. The molecule has 0 spiro atoms. The first-order valence-corrected chi connectivity index (χ1v) is 6.50. The van der Waals surface area contributed by atoms with Gasteiger partial charge in [-0.25, -0.2) is 0 Å². The minimum absolute atomic E-state index is 0.841. The molecule has 3 fully saturated rings. The molecule has 3 aliphatic rings. The minimum Gasteiger partial charge on any atom is -0.311 e. The first-order valence-electron chi connectivity index (χ1n) is 6.50. The molecule has 0 unspecified atom stereocenters. The Balaban J connectivity index is 1.58. The van der Waals surface area contributed by atoms with Crippen molar-refractivity contribution in [3.05, 3.63) is 0 Å². The molecule has 0 amide bonds. The SMILES string of the molecule is CN1CCN(C2C[C@H]3CC[C@H](C2)N3)CC1. The summed E-state index contributed by atoms with van der Waals surface area (Å²) in [5.41, 5.74) is 0. The first-order chi connectivity index (χ1) is 7.31. The fourth-order valence-corrected chi connectivity index (χ4v) is 3.51. The Labute approximate surface area is 92.8 Å². The van der Waals surface area contributed by atoms with Crippen molar-refractivity contribution in [2.45, 2.75) is 43.8 Å². The average Bonchev–Trinajstić information content (AvgIpc) is 2.59. The molecule has 2 atom stereocenters. The Hall–Kier alpha value is -0.120. The molecule has 2 bridgehead atoms. The number of nitrogens with one attached hydrogen (secondary N) is 1. The van der Waals surface area contributed by atoms with E-state index in [1.54, 1.807) is 0 Å². The molecule has 0 aliphatic carbocycles. The highest BCUT2D eigenvalue weighted by Gasteiger charge is 2.36. The van der Waals surface area contributed by atoms with Gasteiger partial charge in [-0.15, -0.1) is 0 Å². The lowest BCUT2D eigenvalue weighted by Crippen LogP contribution is -2.54. The van der Waals surface area contributed by atoms with Crippen molar-refractivity contribution >= 4 is 0 Å². The lowest BCUT2D eigenvalue weighted by molar-refractivity contribution is 0.0837. The number of fused-ring (bicyclic) bond motifs is 2. The van der Waals surface area contributed by atoms with Crippen LogP contribution in [0.5, 0.6) is 0 Å². The van der Waals surface area contributed by atoms with Gasteiger partial charge in [-0.3, -0.25) is 4.90 Å². The van der Waals surface area contributed by atoms with Crippen LogP contribution in [-0.4, -0.2) is 61.2 Å². The lowest BCUT2D eigenvalue weighted by Gasteiger charge is -2.41. The van der Waals surface area contributed by atoms with Crippen molar-refractivity contribution in [2.75, 3.05) is 33.2 Å². The molecule has 1 N–H and O–H groups in total. The number of piperazine rings is 1. The Morgan fingerprint density at radius 1 is 0.933 bits per heavy atom. The molecule has 3 aliphatic heterocycles. The second-order valence-electron chi connectivity index (χ2n) is 5.60. The van der Waals surface area contributed by atoms with Gasteiger partial charge in [-0.05, 0) is 32.7 Å². The van der Waals surface area contributed by atoms with E-state index in [1.165, 1.54) is 51.9 Å². The van der Waals surface area contributed by atoms with Crippen molar-refractivity contribution in [1.29, 1.82) is 0 Å². The maximum atomic E-state index is 3.73. The quantitative estimate of drug-likeness (QED) is 0.679. The maximum absolute atomic E-state index is 3.73. The highest BCUT2D eigenvalue weighted by atomic mass is 15.3. The fourth-order valence-electron chi connectivity index (χ4n) is 3.51. The molecule has 15 heavy (non-hydrogen) atoms. The lowest BCUT2D eigenvalue weighted by atomic mass is 9.97. The van der Waals surface area contributed by atoms with Crippen LogP contribution in [0, 0.1) is 0 Å². The van der Waals surface area contributed by atoms with Crippen LogP contribution in [0.4, 0.5) is 0 Å². The molecule has 0 saturated carbocycles. The zero-order valence-corrected chi connectivity index (χ0v) is 9.78. The Morgan fingerprint density at radius 3 is 2.13 bits per heavy atom. The molecule has 0 aromatic heterocycles. The van der Waals surface area contributed by atoms with Crippen molar-refractivity contribution in [1.82, 2.24) is 15.1 Å². The van der Waals surface area contributed by atoms with Crippen molar-refractivity contribution in [2.24, 2.45) is 0 Å². The van der Waals surface area contributed by atoms with Crippen molar-refractivity contribution in [3.63, 3.8) is 0 Å². The van der Waals surface area contributed by atoms with Gasteiger partial charge in [0, 0.05) is 44.3 Å². The third-order valence-electron chi connectivity index (χ3n) is 4.50. The zero-order valence-electron chi connectivity index (χ0n) is 9.78. The van der Waals surface area contributed by atoms with Crippen LogP contribution in [0.2, 0.25) is 0 Å². The molecule has 3 heterocycles. The van der Waals surface area contributed by atoms with Crippen LogP contribution in [0.15, 0.2) is 0 Å². The van der Waals surface area contributed by atoms with Gasteiger partial charge in [0.25, 0.3) is 0 Å². The molecule has 3 nitrogen and oxygen atoms in total. The number of likely N-dealkylation sites (N-methyl/N-ethyl adjacent to an activating group) is 1. The van der Waals surface area contributed by atoms with Gasteiger partial charge < -0.3 is 10.2 Å². The topological polar surface area (TPSA) is 18.5 Å². The smallest absolute Gasteiger partial charge is 0.0126 e.